The van der Waals surface area contributed by atoms with Gasteiger partial charge in [0.2, 0.25) is 47.3 Å². The van der Waals surface area contributed by atoms with Crippen molar-refractivity contribution in [1.82, 2.24) is 41.7 Å². The maximum atomic E-state index is 13.8. The van der Waals surface area contributed by atoms with E-state index in [1.807, 2.05) is 13.0 Å². The number of nitrogens with zero attached hydrogens (tertiary/aromatic N) is 2. The van der Waals surface area contributed by atoms with Crippen LogP contribution in [0.4, 0.5) is 0 Å². The fourth-order valence-electron chi connectivity index (χ4n) is 6.22. The summed E-state index contributed by atoms with van der Waals surface area (Å²) in [4.78, 5) is 108. The lowest BCUT2D eigenvalue weighted by Gasteiger charge is -2.31. The summed E-state index contributed by atoms with van der Waals surface area (Å²) in [7, 11) is 0. The van der Waals surface area contributed by atoms with Crippen LogP contribution in [0.3, 0.4) is 0 Å². The number of hydrogen-bond acceptors (Lipinski definition) is 8. The molecule has 3 aliphatic rings. The molecular formula is C33H46N8O8. The molecule has 6 N–H and O–H groups in total. The van der Waals surface area contributed by atoms with Crippen molar-refractivity contribution < 1.29 is 38.4 Å². The number of hydrogen-bond donors (Lipinski definition) is 6. The van der Waals surface area contributed by atoms with E-state index in [-0.39, 0.29) is 18.2 Å². The SMILES string of the molecule is CC[C@H](C)[C@@H]1NC(=O)CNC(=O)[C@@H](Cc2ccccc2)NC(=O)[C@@H]2CCCN2C(=O)[C@@H]2CCCN2C(=O)CNC(=O)CNC(=O)CNC1=O. The van der Waals surface area contributed by atoms with Gasteiger partial charge in [-0.05, 0) is 37.2 Å². The van der Waals surface area contributed by atoms with E-state index < -0.39 is 91.7 Å². The number of carbonyl (C=O) groups excluding carboxylic acids is 8. The monoisotopic (exact) mass is 682 g/mol. The molecule has 3 heterocycles. The van der Waals surface area contributed by atoms with Crippen molar-refractivity contribution in [3.8, 4) is 0 Å². The van der Waals surface area contributed by atoms with E-state index in [9.17, 15) is 38.4 Å². The number of rotatable bonds is 4. The van der Waals surface area contributed by atoms with E-state index in [1.165, 1.54) is 9.80 Å². The van der Waals surface area contributed by atoms with E-state index in [4.69, 9.17) is 0 Å². The molecule has 49 heavy (non-hydrogen) atoms. The van der Waals surface area contributed by atoms with E-state index in [0.717, 1.165) is 5.56 Å². The maximum Gasteiger partial charge on any atom is 0.246 e. The molecule has 0 spiro atoms. The molecule has 3 saturated heterocycles. The average molecular weight is 683 g/mol. The Hall–Kier alpha value is -5.02. The van der Waals surface area contributed by atoms with E-state index in [2.05, 4.69) is 31.9 Å². The molecule has 0 unspecified atom stereocenters. The van der Waals surface area contributed by atoms with Gasteiger partial charge in [0.25, 0.3) is 0 Å². The largest absolute Gasteiger partial charge is 0.346 e. The second-order valence-corrected chi connectivity index (χ2v) is 12.6. The van der Waals surface area contributed by atoms with E-state index >= 15 is 0 Å². The van der Waals surface area contributed by atoms with Crippen LogP contribution in [0.25, 0.3) is 0 Å². The minimum absolute atomic E-state index is 0.108. The Balaban J connectivity index is 1.56. The van der Waals surface area contributed by atoms with Gasteiger partial charge in [-0.15, -0.1) is 0 Å². The van der Waals surface area contributed by atoms with Gasteiger partial charge >= 0.3 is 0 Å². The third kappa shape index (κ3) is 9.99. The zero-order valence-corrected chi connectivity index (χ0v) is 27.9. The lowest BCUT2D eigenvalue weighted by Crippen LogP contribution is -2.58. The van der Waals surface area contributed by atoms with Crippen LogP contribution >= 0.6 is 0 Å². The highest BCUT2D eigenvalue weighted by Gasteiger charge is 2.42. The Morgan fingerprint density at radius 2 is 1.27 bits per heavy atom. The highest BCUT2D eigenvalue weighted by molar-refractivity contribution is 5.97. The molecule has 3 fully saturated rings. The van der Waals surface area contributed by atoms with Crippen LogP contribution in [-0.4, -0.2) is 120 Å². The standard InChI is InChI=1S/C33H46N8O8/c1-3-20(2)29-32(48)37-17-26(43)34-16-25(42)35-19-28(45)40-13-8-12-24(40)33(49)41-14-7-11-23(41)31(47)38-22(15-21-9-5-4-6-10-21)30(46)36-18-27(44)39-29/h4-6,9-10,20,22-24,29H,3,7-8,11-19H2,1-2H3,(H,34,43)(H,35,42)(H,36,46)(H,37,48)(H,38,47)(H,39,44)/t20-,22+,23-,24-,29-/m0/s1. The first-order valence-corrected chi connectivity index (χ1v) is 16.8. The first kappa shape index (κ1) is 36.8. The maximum absolute atomic E-state index is 13.8. The zero-order chi connectivity index (χ0) is 35.5. The van der Waals surface area contributed by atoms with Crippen molar-refractivity contribution in [1.29, 1.82) is 0 Å². The molecule has 3 aliphatic heterocycles. The Bertz CT molecular complexity index is 1420. The van der Waals surface area contributed by atoms with Gasteiger partial charge in [0.05, 0.1) is 26.2 Å². The van der Waals surface area contributed by atoms with Gasteiger partial charge in [-0.2, -0.15) is 0 Å². The van der Waals surface area contributed by atoms with Crippen LogP contribution in [-0.2, 0) is 44.8 Å². The lowest BCUT2D eigenvalue weighted by molar-refractivity contribution is -0.146. The number of carbonyl (C=O) groups is 8. The van der Waals surface area contributed by atoms with Crippen molar-refractivity contribution >= 4 is 47.3 Å². The molecule has 1 aromatic carbocycles. The van der Waals surface area contributed by atoms with Crippen molar-refractivity contribution in [2.24, 2.45) is 5.92 Å². The fourth-order valence-corrected chi connectivity index (χ4v) is 6.22. The number of nitrogens with one attached hydrogen (secondary N) is 6. The molecule has 16 nitrogen and oxygen atoms in total. The summed E-state index contributed by atoms with van der Waals surface area (Å²) in [5.74, 6) is -4.93. The summed E-state index contributed by atoms with van der Waals surface area (Å²) in [6.07, 6.45) is 2.49. The molecule has 0 aromatic heterocycles. The molecule has 0 bridgehead atoms. The quantitative estimate of drug-likeness (QED) is 0.203. The van der Waals surface area contributed by atoms with Crippen molar-refractivity contribution in [3.63, 3.8) is 0 Å². The summed E-state index contributed by atoms with van der Waals surface area (Å²) >= 11 is 0. The molecule has 0 saturated carbocycles. The predicted octanol–water partition coefficient (Wildman–Crippen LogP) is -2.29. The molecule has 0 aliphatic carbocycles. The third-order valence-electron chi connectivity index (χ3n) is 9.15. The van der Waals surface area contributed by atoms with Gasteiger partial charge in [-0.1, -0.05) is 50.6 Å². The van der Waals surface area contributed by atoms with Gasteiger partial charge in [-0.3, -0.25) is 38.4 Å². The molecule has 1 aromatic rings. The summed E-state index contributed by atoms with van der Waals surface area (Å²) in [6, 6.07) is 5.20. The first-order valence-electron chi connectivity index (χ1n) is 16.8. The second-order valence-electron chi connectivity index (χ2n) is 12.6. The first-order chi connectivity index (χ1) is 23.5. The smallest absolute Gasteiger partial charge is 0.246 e. The van der Waals surface area contributed by atoms with Crippen molar-refractivity contribution in [2.45, 2.75) is 76.5 Å². The van der Waals surface area contributed by atoms with Crippen LogP contribution in [0, 0.1) is 5.92 Å². The van der Waals surface area contributed by atoms with Crippen LogP contribution in [0.2, 0.25) is 0 Å². The number of amides is 8. The Kier molecular flexibility index (Phi) is 13.1. The van der Waals surface area contributed by atoms with E-state index in [0.29, 0.717) is 45.2 Å². The Morgan fingerprint density at radius 3 is 1.96 bits per heavy atom. The predicted molar refractivity (Wildman–Crippen MR) is 175 cm³/mol. The molecular weight excluding hydrogens is 636 g/mol. The average Bonchev–Trinajstić information content (AvgIpc) is 3.80. The minimum atomic E-state index is -1.09. The summed E-state index contributed by atoms with van der Waals surface area (Å²) in [5, 5.41) is 15.2. The number of benzene rings is 1. The lowest BCUT2D eigenvalue weighted by atomic mass is 9.98. The van der Waals surface area contributed by atoms with Gasteiger partial charge in [0.1, 0.15) is 24.2 Å². The summed E-state index contributed by atoms with van der Waals surface area (Å²) < 4.78 is 0. The van der Waals surface area contributed by atoms with Crippen LogP contribution in [0.15, 0.2) is 30.3 Å². The van der Waals surface area contributed by atoms with Crippen LogP contribution < -0.4 is 31.9 Å². The van der Waals surface area contributed by atoms with Gasteiger partial charge in [0.15, 0.2) is 0 Å². The van der Waals surface area contributed by atoms with Crippen LogP contribution in [0.1, 0.15) is 51.5 Å². The highest BCUT2D eigenvalue weighted by atomic mass is 16.2. The highest BCUT2D eigenvalue weighted by Crippen LogP contribution is 2.25. The molecule has 0 radical (unpaired) electrons. The molecule has 8 amide bonds. The Morgan fingerprint density at radius 1 is 0.673 bits per heavy atom. The number of fused-ring (bicyclic) bond motifs is 2. The summed E-state index contributed by atoms with van der Waals surface area (Å²) in [6.45, 7) is 2.36. The zero-order valence-electron chi connectivity index (χ0n) is 27.9. The molecule has 266 valence electrons. The Labute approximate surface area is 284 Å². The van der Waals surface area contributed by atoms with Crippen LogP contribution in [0.5, 0.6) is 0 Å². The van der Waals surface area contributed by atoms with Gasteiger partial charge < -0.3 is 41.7 Å². The summed E-state index contributed by atoms with van der Waals surface area (Å²) in [5.41, 5.74) is 0.754. The fraction of sp³-hybridized carbons (Fsp3) is 0.576. The minimum Gasteiger partial charge on any atom is -0.346 e. The molecule has 4 rings (SSSR count). The topological polar surface area (TPSA) is 215 Å². The second kappa shape index (κ2) is 17.4. The van der Waals surface area contributed by atoms with E-state index in [1.54, 1.807) is 31.2 Å². The van der Waals surface area contributed by atoms with Crippen molar-refractivity contribution in [2.75, 3.05) is 39.3 Å². The van der Waals surface area contributed by atoms with Gasteiger partial charge in [0, 0.05) is 19.5 Å². The van der Waals surface area contributed by atoms with Crippen molar-refractivity contribution in [3.05, 3.63) is 35.9 Å². The molecule has 16 heteroatoms. The van der Waals surface area contributed by atoms with Gasteiger partial charge in [-0.25, -0.2) is 0 Å². The normalized spacial score (nSPS) is 26.2. The molecule has 5 atom stereocenters. The third-order valence-corrected chi connectivity index (χ3v) is 9.15.